The number of amides is 1. The number of benzene rings is 1. The van der Waals surface area contributed by atoms with Crippen molar-refractivity contribution < 1.29 is 18.3 Å². The fourth-order valence-electron chi connectivity index (χ4n) is 2.94. The van der Waals surface area contributed by atoms with Crippen molar-refractivity contribution in [2.75, 3.05) is 37.7 Å². The van der Waals surface area contributed by atoms with E-state index in [1.54, 1.807) is 11.0 Å². The number of ether oxygens (including phenoxy) is 1. The molecule has 2 aromatic rings. The van der Waals surface area contributed by atoms with E-state index in [9.17, 15) is 13.6 Å². The molecule has 0 saturated carbocycles. The molecule has 7 heteroatoms. The SMILES string of the molecule is O=C(c1ccc(OCC(F)F)nc1)N1CCCN(c2ccccc2)CC1. The number of hydrogen-bond donors (Lipinski definition) is 0. The summed E-state index contributed by atoms with van der Waals surface area (Å²) in [5.74, 6) is -0.0132. The van der Waals surface area contributed by atoms with E-state index in [1.165, 1.54) is 12.3 Å². The van der Waals surface area contributed by atoms with Crippen LogP contribution in [0.4, 0.5) is 14.5 Å². The highest BCUT2D eigenvalue weighted by Gasteiger charge is 2.20. The number of hydrogen-bond acceptors (Lipinski definition) is 4. The van der Waals surface area contributed by atoms with Gasteiger partial charge in [-0.15, -0.1) is 0 Å². The average Bonchev–Trinajstić information content (AvgIpc) is 2.93. The summed E-state index contributed by atoms with van der Waals surface area (Å²) in [6, 6.07) is 13.1. The molecule has 1 amide bonds. The summed E-state index contributed by atoms with van der Waals surface area (Å²) < 4.78 is 29.1. The predicted octanol–water partition coefficient (Wildman–Crippen LogP) is 3.08. The van der Waals surface area contributed by atoms with E-state index in [4.69, 9.17) is 4.74 Å². The number of pyridine rings is 1. The maximum Gasteiger partial charge on any atom is 0.272 e. The van der Waals surface area contributed by atoms with Crippen LogP contribution in [0.25, 0.3) is 0 Å². The van der Waals surface area contributed by atoms with Gasteiger partial charge in [-0.2, -0.15) is 0 Å². The minimum Gasteiger partial charge on any atom is -0.472 e. The lowest BCUT2D eigenvalue weighted by molar-refractivity contribution is 0.0759. The summed E-state index contributed by atoms with van der Waals surface area (Å²) in [5, 5.41) is 0. The topological polar surface area (TPSA) is 45.7 Å². The van der Waals surface area contributed by atoms with E-state index in [0.717, 1.165) is 25.2 Å². The zero-order valence-electron chi connectivity index (χ0n) is 14.4. The largest absolute Gasteiger partial charge is 0.472 e. The second-order valence-electron chi connectivity index (χ2n) is 6.06. The van der Waals surface area contributed by atoms with E-state index in [-0.39, 0.29) is 11.8 Å². The molecule has 0 bridgehead atoms. The number of para-hydroxylation sites is 1. The van der Waals surface area contributed by atoms with E-state index >= 15 is 0 Å². The molecule has 0 radical (unpaired) electrons. The first-order chi connectivity index (χ1) is 12.6. The van der Waals surface area contributed by atoms with Gasteiger partial charge in [0.15, 0.2) is 6.61 Å². The second kappa shape index (κ2) is 8.60. The number of nitrogens with zero attached hydrogens (tertiary/aromatic N) is 3. The zero-order chi connectivity index (χ0) is 18.4. The maximum atomic E-state index is 12.7. The van der Waals surface area contributed by atoms with Gasteiger partial charge in [0.05, 0.1) is 5.56 Å². The first kappa shape index (κ1) is 18.1. The van der Waals surface area contributed by atoms with Crippen molar-refractivity contribution in [2.24, 2.45) is 0 Å². The van der Waals surface area contributed by atoms with Gasteiger partial charge < -0.3 is 14.5 Å². The molecule has 1 fully saturated rings. The number of halogens is 2. The highest BCUT2D eigenvalue weighted by Crippen LogP contribution is 2.17. The van der Waals surface area contributed by atoms with Gasteiger partial charge in [-0.1, -0.05) is 18.2 Å². The smallest absolute Gasteiger partial charge is 0.272 e. The third-order valence-corrected chi connectivity index (χ3v) is 4.24. The van der Waals surface area contributed by atoms with E-state index in [1.807, 2.05) is 18.2 Å². The molecule has 26 heavy (non-hydrogen) atoms. The molecule has 0 N–H and O–H groups in total. The maximum absolute atomic E-state index is 12.7. The molecular formula is C19H21F2N3O2. The highest BCUT2D eigenvalue weighted by molar-refractivity contribution is 5.94. The van der Waals surface area contributed by atoms with Gasteiger partial charge in [0.25, 0.3) is 12.3 Å². The van der Waals surface area contributed by atoms with Gasteiger partial charge >= 0.3 is 0 Å². The first-order valence-corrected chi connectivity index (χ1v) is 8.60. The molecule has 3 rings (SSSR count). The second-order valence-corrected chi connectivity index (χ2v) is 6.06. The Morgan fingerprint density at radius 3 is 2.58 bits per heavy atom. The summed E-state index contributed by atoms with van der Waals surface area (Å²) >= 11 is 0. The van der Waals surface area contributed by atoms with Crippen LogP contribution in [-0.4, -0.2) is 55.0 Å². The van der Waals surface area contributed by atoms with E-state index < -0.39 is 13.0 Å². The van der Waals surface area contributed by atoms with Crippen molar-refractivity contribution in [1.82, 2.24) is 9.88 Å². The van der Waals surface area contributed by atoms with Crippen LogP contribution in [0.2, 0.25) is 0 Å². The fraction of sp³-hybridized carbons (Fsp3) is 0.368. The van der Waals surface area contributed by atoms with Crippen LogP contribution in [0, 0.1) is 0 Å². The Morgan fingerprint density at radius 2 is 1.88 bits per heavy atom. The average molecular weight is 361 g/mol. The Labute approximate surface area is 151 Å². The third-order valence-electron chi connectivity index (χ3n) is 4.24. The Balaban J connectivity index is 1.59. The molecule has 2 heterocycles. The summed E-state index contributed by atoms with van der Waals surface area (Å²) in [7, 11) is 0. The highest BCUT2D eigenvalue weighted by atomic mass is 19.3. The van der Waals surface area contributed by atoms with Crippen LogP contribution in [0.5, 0.6) is 5.88 Å². The number of carbonyl (C=O) groups excluding carboxylic acids is 1. The van der Waals surface area contributed by atoms with Crippen molar-refractivity contribution >= 4 is 11.6 Å². The lowest BCUT2D eigenvalue weighted by Crippen LogP contribution is -2.35. The number of carbonyl (C=O) groups is 1. The molecule has 0 aliphatic carbocycles. The Morgan fingerprint density at radius 1 is 1.08 bits per heavy atom. The zero-order valence-corrected chi connectivity index (χ0v) is 14.4. The van der Waals surface area contributed by atoms with Gasteiger partial charge in [-0.05, 0) is 24.6 Å². The Hall–Kier alpha value is -2.70. The van der Waals surface area contributed by atoms with Crippen LogP contribution in [-0.2, 0) is 0 Å². The van der Waals surface area contributed by atoms with Crippen molar-refractivity contribution in [3.05, 3.63) is 54.2 Å². The lowest BCUT2D eigenvalue weighted by Gasteiger charge is -2.23. The summed E-state index contributed by atoms with van der Waals surface area (Å²) in [6.07, 6.45) is -0.296. The van der Waals surface area contributed by atoms with Gasteiger partial charge in [0, 0.05) is 44.1 Å². The molecule has 5 nitrogen and oxygen atoms in total. The minimum absolute atomic E-state index is 0.0907. The van der Waals surface area contributed by atoms with Crippen LogP contribution in [0.3, 0.4) is 0 Å². The normalized spacial score (nSPS) is 15.0. The lowest BCUT2D eigenvalue weighted by atomic mass is 10.2. The number of rotatable bonds is 5. The van der Waals surface area contributed by atoms with Crippen LogP contribution >= 0.6 is 0 Å². The molecule has 138 valence electrons. The summed E-state index contributed by atoms with van der Waals surface area (Å²) in [5.41, 5.74) is 1.59. The van der Waals surface area contributed by atoms with Crippen LogP contribution in [0.1, 0.15) is 16.8 Å². The van der Waals surface area contributed by atoms with Crippen molar-refractivity contribution in [3.8, 4) is 5.88 Å². The van der Waals surface area contributed by atoms with Crippen molar-refractivity contribution in [2.45, 2.75) is 12.8 Å². The fourth-order valence-corrected chi connectivity index (χ4v) is 2.94. The molecule has 1 aromatic carbocycles. The van der Waals surface area contributed by atoms with Gasteiger partial charge in [-0.3, -0.25) is 4.79 Å². The number of alkyl halides is 2. The standard InChI is InChI=1S/C19H21F2N3O2/c20-17(21)14-26-18-8-7-15(13-22-18)19(25)24-10-4-9-23(11-12-24)16-5-2-1-3-6-16/h1-3,5-8,13,17H,4,9-12,14H2. The van der Waals surface area contributed by atoms with E-state index in [2.05, 4.69) is 22.0 Å². The van der Waals surface area contributed by atoms with Gasteiger partial charge in [-0.25, -0.2) is 13.8 Å². The summed E-state index contributed by atoms with van der Waals surface area (Å²) in [6.45, 7) is 2.25. The van der Waals surface area contributed by atoms with E-state index in [0.29, 0.717) is 18.7 Å². The Bertz CT molecular complexity index is 710. The molecule has 1 saturated heterocycles. The van der Waals surface area contributed by atoms with Gasteiger partial charge in [0.1, 0.15) is 0 Å². The molecular weight excluding hydrogens is 340 g/mol. The quantitative estimate of drug-likeness (QED) is 0.821. The summed E-state index contributed by atoms with van der Waals surface area (Å²) in [4.78, 5) is 20.7. The molecule has 0 atom stereocenters. The molecule has 1 aliphatic rings. The first-order valence-electron chi connectivity index (χ1n) is 8.60. The van der Waals surface area contributed by atoms with Gasteiger partial charge in [0.2, 0.25) is 5.88 Å². The van der Waals surface area contributed by atoms with Crippen molar-refractivity contribution in [3.63, 3.8) is 0 Å². The monoisotopic (exact) mass is 361 g/mol. The molecule has 1 aliphatic heterocycles. The molecule has 0 spiro atoms. The van der Waals surface area contributed by atoms with Crippen molar-refractivity contribution in [1.29, 1.82) is 0 Å². The number of aromatic nitrogens is 1. The molecule has 0 unspecified atom stereocenters. The Kier molecular flexibility index (Phi) is 5.99. The van der Waals surface area contributed by atoms with Crippen LogP contribution in [0.15, 0.2) is 48.7 Å². The van der Waals surface area contributed by atoms with Crippen LogP contribution < -0.4 is 9.64 Å². The predicted molar refractivity (Wildman–Crippen MR) is 94.9 cm³/mol. The number of anilines is 1. The minimum atomic E-state index is -2.55. The third kappa shape index (κ3) is 4.68. The molecule has 1 aromatic heterocycles.